The molecule has 1 aliphatic rings. The highest BCUT2D eigenvalue weighted by Gasteiger charge is 2.40. The van der Waals surface area contributed by atoms with E-state index in [1.165, 1.54) is 10.1 Å². The number of aliphatic hydroxyl groups is 2. The topological polar surface area (TPSA) is 64.7 Å². The summed E-state index contributed by atoms with van der Waals surface area (Å²) in [6.45, 7) is 7.92. The largest absolute Gasteiger partial charge is 0.481 e. The standard InChI is InChI=1S/C24H28F2N2O3/c1-5-14(3)16-7-9-17(10-8-16)22-21(23(29)31-6-2)15(4)28(24(30)27-22)20-12-18(25)11-19(26)13-20/h7-14,22,24,27,30H,5-6H2,1-4H3/p+1. The smallest absolute Gasteiger partial charge is 0.323 e. The number of benzene rings is 2. The summed E-state index contributed by atoms with van der Waals surface area (Å²) < 4.78 is 34.3. The maximum Gasteiger partial charge on any atom is 0.323 e. The Morgan fingerprint density at radius 1 is 1.13 bits per heavy atom. The number of hydrogen-bond donors (Lipinski definition) is 3. The van der Waals surface area contributed by atoms with Crippen LogP contribution in [0.25, 0.3) is 0 Å². The lowest BCUT2D eigenvalue weighted by molar-refractivity contribution is -0.550. The summed E-state index contributed by atoms with van der Waals surface area (Å²) >= 11 is 0. The number of nitrogens with zero attached hydrogens (tertiary/aromatic N) is 1. The quantitative estimate of drug-likeness (QED) is 0.444. The third-order valence-corrected chi connectivity index (χ3v) is 5.69. The van der Waals surface area contributed by atoms with Crippen molar-refractivity contribution >= 4 is 11.4 Å². The van der Waals surface area contributed by atoms with Crippen LogP contribution in [0.3, 0.4) is 0 Å². The Morgan fingerprint density at radius 3 is 2.29 bits per heavy atom. The van der Waals surface area contributed by atoms with Crippen molar-refractivity contribution in [3.8, 4) is 0 Å². The minimum absolute atomic E-state index is 0.113. The Hall–Kier alpha value is -2.77. The summed E-state index contributed by atoms with van der Waals surface area (Å²) in [4.78, 5) is 0. The van der Waals surface area contributed by atoms with Crippen LogP contribution >= 0.6 is 0 Å². The average molecular weight is 432 g/mol. The molecule has 0 spiro atoms. The average Bonchev–Trinajstić information content (AvgIpc) is 2.72. The molecular formula is C24H29F2N2O3+. The number of aliphatic hydroxyl groups excluding tert-OH is 2. The first kappa shape index (κ1) is 22.9. The fraction of sp³-hybridized carbons (Fsp3) is 0.375. The van der Waals surface area contributed by atoms with Crippen molar-refractivity contribution in [1.82, 2.24) is 5.32 Å². The lowest BCUT2D eigenvalue weighted by Gasteiger charge is -2.29. The number of halogens is 2. The molecule has 3 rings (SSSR count). The van der Waals surface area contributed by atoms with Gasteiger partial charge in [-0.2, -0.15) is 4.58 Å². The van der Waals surface area contributed by atoms with Crippen molar-refractivity contribution in [3.63, 3.8) is 0 Å². The first-order valence-electron chi connectivity index (χ1n) is 10.5. The molecule has 1 heterocycles. The number of ether oxygens (including phenoxy) is 1. The van der Waals surface area contributed by atoms with Gasteiger partial charge in [-0.3, -0.25) is 0 Å². The van der Waals surface area contributed by atoms with E-state index in [1.807, 2.05) is 24.3 Å². The third kappa shape index (κ3) is 4.78. The zero-order chi connectivity index (χ0) is 22.7. The Labute approximate surface area is 181 Å². The van der Waals surface area contributed by atoms with Gasteiger partial charge in [0.2, 0.25) is 5.69 Å². The van der Waals surface area contributed by atoms with E-state index >= 15 is 0 Å². The summed E-state index contributed by atoms with van der Waals surface area (Å²) in [5.74, 6) is -1.43. The molecule has 3 atom stereocenters. The molecule has 0 saturated carbocycles. The molecule has 31 heavy (non-hydrogen) atoms. The van der Waals surface area contributed by atoms with E-state index in [-0.39, 0.29) is 18.2 Å². The molecule has 3 N–H and O–H groups in total. The highest BCUT2D eigenvalue weighted by atomic mass is 19.1. The lowest BCUT2D eigenvalue weighted by atomic mass is 9.91. The van der Waals surface area contributed by atoms with Crippen molar-refractivity contribution in [2.45, 2.75) is 52.4 Å². The molecule has 0 radical (unpaired) electrons. The molecule has 7 heteroatoms. The maximum absolute atomic E-state index is 13.8. The highest BCUT2D eigenvalue weighted by molar-refractivity contribution is 5.97. The van der Waals surface area contributed by atoms with Crippen LogP contribution in [0, 0.1) is 11.6 Å². The van der Waals surface area contributed by atoms with Crippen LogP contribution in [0.15, 0.2) is 54.0 Å². The van der Waals surface area contributed by atoms with E-state index in [0.29, 0.717) is 17.2 Å². The van der Waals surface area contributed by atoms with Crippen molar-refractivity contribution in [1.29, 1.82) is 0 Å². The summed E-state index contributed by atoms with van der Waals surface area (Å²) in [5.41, 5.74) is 2.92. The molecule has 0 aliphatic carbocycles. The third-order valence-electron chi connectivity index (χ3n) is 5.69. The normalized spacial score (nSPS) is 21.8. The highest BCUT2D eigenvalue weighted by Crippen LogP contribution is 2.33. The molecule has 0 bridgehead atoms. The zero-order valence-electron chi connectivity index (χ0n) is 18.2. The van der Waals surface area contributed by atoms with Gasteiger partial charge in [-0.25, -0.2) is 14.1 Å². The predicted octanol–water partition coefficient (Wildman–Crippen LogP) is 5.01. The fourth-order valence-electron chi connectivity index (χ4n) is 3.85. The van der Waals surface area contributed by atoms with Gasteiger partial charge in [0.15, 0.2) is 5.71 Å². The molecule has 0 aromatic heterocycles. The SMILES string of the molecule is CCO/C(O)=C1\C(C)=[N+](c2cc(F)cc(F)c2)C(O)NC1c1ccc(C(C)CC)cc1. The minimum Gasteiger partial charge on any atom is -0.481 e. The van der Waals surface area contributed by atoms with Gasteiger partial charge in [-0.15, -0.1) is 0 Å². The zero-order valence-corrected chi connectivity index (χ0v) is 18.2. The van der Waals surface area contributed by atoms with Crippen LogP contribution in [0.2, 0.25) is 0 Å². The number of nitrogens with one attached hydrogen (secondary N) is 1. The molecule has 0 amide bonds. The summed E-state index contributed by atoms with van der Waals surface area (Å²) in [6, 6.07) is 10.3. The first-order valence-corrected chi connectivity index (χ1v) is 10.5. The monoisotopic (exact) mass is 431 g/mol. The number of rotatable bonds is 6. The van der Waals surface area contributed by atoms with E-state index in [2.05, 4.69) is 19.2 Å². The van der Waals surface area contributed by atoms with Gasteiger partial charge in [0.25, 0.3) is 5.95 Å². The molecule has 2 aromatic rings. The van der Waals surface area contributed by atoms with Gasteiger partial charge in [-0.05, 0) is 30.4 Å². The summed E-state index contributed by atoms with van der Waals surface area (Å²) in [7, 11) is 0. The van der Waals surface area contributed by atoms with Gasteiger partial charge in [0, 0.05) is 25.1 Å². The van der Waals surface area contributed by atoms with E-state index < -0.39 is 24.0 Å². The fourth-order valence-corrected chi connectivity index (χ4v) is 3.85. The van der Waals surface area contributed by atoms with E-state index in [0.717, 1.165) is 30.2 Å². The van der Waals surface area contributed by atoms with Crippen molar-refractivity contribution in [2.75, 3.05) is 6.61 Å². The second-order valence-corrected chi connectivity index (χ2v) is 7.68. The Morgan fingerprint density at radius 2 is 1.74 bits per heavy atom. The molecule has 0 fully saturated rings. The van der Waals surface area contributed by atoms with Crippen molar-refractivity contribution in [2.24, 2.45) is 0 Å². The molecule has 1 aliphatic heterocycles. The molecule has 5 nitrogen and oxygen atoms in total. The van der Waals surface area contributed by atoms with Crippen LogP contribution in [0.1, 0.15) is 57.2 Å². The van der Waals surface area contributed by atoms with Gasteiger partial charge < -0.3 is 14.9 Å². The van der Waals surface area contributed by atoms with Crippen LogP contribution in [-0.4, -0.2) is 33.5 Å². The van der Waals surface area contributed by atoms with Gasteiger partial charge in [0.1, 0.15) is 17.2 Å². The molecular weight excluding hydrogens is 402 g/mol. The molecule has 166 valence electrons. The van der Waals surface area contributed by atoms with Crippen molar-refractivity contribution < 1.29 is 28.3 Å². The summed E-state index contributed by atoms with van der Waals surface area (Å²) in [5, 5.41) is 24.5. The molecule has 3 unspecified atom stereocenters. The second kappa shape index (κ2) is 9.58. The van der Waals surface area contributed by atoms with Gasteiger partial charge in [0.05, 0.1) is 12.6 Å². The first-order chi connectivity index (χ1) is 14.8. The minimum atomic E-state index is -1.28. The second-order valence-electron chi connectivity index (χ2n) is 7.68. The van der Waals surface area contributed by atoms with Crippen LogP contribution < -0.4 is 5.32 Å². The lowest BCUT2D eigenvalue weighted by Crippen LogP contribution is -2.49. The van der Waals surface area contributed by atoms with E-state index in [4.69, 9.17) is 4.74 Å². The van der Waals surface area contributed by atoms with Gasteiger partial charge >= 0.3 is 6.35 Å². The van der Waals surface area contributed by atoms with Crippen LogP contribution in [0.5, 0.6) is 0 Å². The molecule has 0 saturated heterocycles. The summed E-state index contributed by atoms with van der Waals surface area (Å²) in [6.07, 6.45) is -0.263. The van der Waals surface area contributed by atoms with Gasteiger partial charge in [-0.1, -0.05) is 38.1 Å². The van der Waals surface area contributed by atoms with E-state index in [9.17, 15) is 19.0 Å². The van der Waals surface area contributed by atoms with Crippen LogP contribution in [0.4, 0.5) is 14.5 Å². The van der Waals surface area contributed by atoms with Crippen molar-refractivity contribution in [3.05, 3.63) is 76.7 Å². The van der Waals surface area contributed by atoms with Crippen LogP contribution in [-0.2, 0) is 4.74 Å². The predicted molar refractivity (Wildman–Crippen MR) is 115 cm³/mol. The Bertz CT molecular complexity index is 982. The maximum atomic E-state index is 13.8. The molecule has 2 aromatic carbocycles. The number of hydrogen-bond acceptors (Lipinski definition) is 4. The van der Waals surface area contributed by atoms with E-state index in [1.54, 1.807) is 13.8 Å². The Kier molecular flexibility index (Phi) is 7.08. The Balaban J connectivity index is 2.13.